The summed E-state index contributed by atoms with van der Waals surface area (Å²) in [5.74, 6) is -1.64. The number of carbonyl (C=O) groups is 4. The Morgan fingerprint density at radius 3 is 1.61 bits per heavy atom. The van der Waals surface area contributed by atoms with Crippen LogP contribution in [-0.2, 0) is 0 Å². The van der Waals surface area contributed by atoms with Crippen LogP contribution >= 0.6 is 34.8 Å². The number of rotatable bonds is 5. The van der Waals surface area contributed by atoms with Crippen LogP contribution in [0.2, 0.25) is 5.02 Å². The Balaban J connectivity index is 2.31. The van der Waals surface area contributed by atoms with E-state index in [-0.39, 0.29) is 27.3 Å². The third kappa shape index (κ3) is 3.85. The fraction of sp³-hybridized carbons (Fsp3) is 0. The second kappa shape index (κ2) is 7.04. The van der Waals surface area contributed by atoms with Gasteiger partial charge in [0.1, 0.15) is 0 Å². The summed E-state index contributed by atoms with van der Waals surface area (Å²) in [5, 5.41) is -1.44. The van der Waals surface area contributed by atoms with Crippen LogP contribution in [0.1, 0.15) is 41.4 Å². The summed E-state index contributed by atoms with van der Waals surface area (Å²) in [6.45, 7) is 0. The fourth-order valence-corrected chi connectivity index (χ4v) is 2.34. The standard InChI is InChI=1S/C16H7Cl3O4/c17-12-7-10(16(19)23)5-6-11(12)14(21)13(20)8-1-3-9(4-2-8)15(18)22/h1-7H. The molecule has 0 fully saturated rings. The van der Waals surface area contributed by atoms with Gasteiger partial charge in [-0.15, -0.1) is 0 Å². The van der Waals surface area contributed by atoms with E-state index in [1.165, 1.54) is 42.5 Å². The van der Waals surface area contributed by atoms with Crippen LogP contribution in [0, 0.1) is 0 Å². The molecule has 0 unspecified atom stereocenters. The van der Waals surface area contributed by atoms with E-state index in [0.717, 1.165) is 0 Å². The lowest BCUT2D eigenvalue weighted by molar-refractivity contribution is 0.0817. The van der Waals surface area contributed by atoms with Crippen molar-refractivity contribution in [3.05, 3.63) is 69.7 Å². The molecule has 0 heterocycles. The number of halogens is 3. The molecule has 7 heteroatoms. The van der Waals surface area contributed by atoms with Gasteiger partial charge in [0.2, 0.25) is 11.6 Å². The van der Waals surface area contributed by atoms with E-state index in [4.69, 9.17) is 34.8 Å². The minimum atomic E-state index is -0.839. The van der Waals surface area contributed by atoms with Crippen LogP contribution in [0.3, 0.4) is 0 Å². The highest BCUT2D eigenvalue weighted by Crippen LogP contribution is 2.21. The minimum Gasteiger partial charge on any atom is -0.285 e. The molecule has 116 valence electrons. The zero-order valence-electron chi connectivity index (χ0n) is 11.3. The highest BCUT2D eigenvalue weighted by atomic mass is 35.5. The number of carbonyl (C=O) groups excluding carboxylic acids is 4. The lowest BCUT2D eigenvalue weighted by atomic mass is 10.00. The Labute approximate surface area is 146 Å². The molecule has 4 nitrogen and oxygen atoms in total. The molecule has 2 aromatic rings. The summed E-state index contributed by atoms with van der Waals surface area (Å²) < 4.78 is 0. The monoisotopic (exact) mass is 368 g/mol. The van der Waals surface area contributed by atoms with E-state index in [1.807, 2.05) is 0 Å². The molecule has 23 heavy (non-hydrogen) atoms. The van der Waals surface area contributed by atoms with E-state index < -0.39 is 22.1 Å². The van der Waals surface area contributed by atoms with Crippen molar-refractivity contribution in [2.24, 2.45) is 0 Å². The summed E-state index contributed by atoms with van der Waals surface area (Å²) in [4.78, 5) is 46.4. The summed E-state index contributed by atoms with van der Waals surface area (Å²) in [6.07, 6.45) is 0. The quantitative estimate of drug-likeness (QED) is 0.451. The van der Waals surface area contributed by atoms with Crippen molar-refractivity contribution in [3.8, 4) is 0 Å². The van der Waals surface area contributed by atoms with Crippen LogP contribution < -0.4 is 0 Å². The molecule has 2 rings (SSSR count). The zero-order chi connectivity index (χ0) is 17.1. The third-order valence-corrected chi connectivity index (χ3v) is 3.77. The topological polar surface area (TPSA) is 68.3 Å². The zero-order valence-corrected chi connectivity index (χ0v) is 13.6. The van der Waals surface area contributed by atoms with Gasteiger partial charge < -0.3 is 0 Å². The van der Waals surface area contributed by atoms with Gasteiger partial charge >= 0.3 is 0 Å². The van der Waals surface area contributed by atoms with Crippen molar-refractivity contribution in [2.45, 2.75) is 0 Å². The number of benzene rings is 2. The van der Waals surface area contributed by atoms with Crippen LogP contribution in [0.5, 0.6) is 0 Å². The first-order valence-electron chi connectivity index (χ1n) is 6.19. The maximum Gasteiger partial charge on any atom is 0.252 e. The smallest absolute Gasteiger partial charge is 0.252 e. The second-order valence-corrected chi connectivity index (χ2v) is 5.57. The molecule has 0 radical (unpaired) electrons. The molecule has 0 aliphatic carbocycles. The van der Waals surface area contributed by atoms with Gasteiger partial charge in [-0.3, -0.25) is 19.2 Å². The number of Topliss-reactive ketones (excluding diaryl/α,β-unsaturated/α-hetero) is 2. The van der Waals surface area contributed by atoms with Gasteiger partial charge in [0.05, 0.1) is 5.02 Å². The molecule has 0 atom stereocenters. The normalized spacial score (nSPS) is 10.2. The molecular weight excluding hydrogens is 363 g/mol. The molecule has 0 spiro atoms. The summed E-state index contributed by atoms with van der Waals surface area (Å²) in [7, 11) is 0. The Bertz CT molecular complexity index is 826. The molecule has 0 N–H and O–H groups in total. The molecule has 2 aromatic carbocycles. The van der Waals surface area contributed by atoms with Crippen molar-refractivity contribution in [1.82, 2.24) is 0 Å². The highest BCUT2D eigenvalue weighted by Gasteiger charge is 2.21. The van der Waals surface area contributed by atoms with E-state index in [1.54, 1.807) is 0 Å². The Morgan fingerprint density at radius 2 is 1.13 bits per heavy atom. The van der Waals surface area contributed by atoms with Crippen molar-refractivity contribution < 1.29 is 19.2 Å². The largest absolute Gasteiger partial charge is 0.285 e. The molecule has 0 saturated heterocycles. The van der Waals surface area contributed by atoms with E-state index >= 15 is 0 Å². The summed E-state index contributed by atoms with van der Waals surface area (Å²) in [5.41, 5.74) is 0.366. The van der Waals surface area contributed by atoms with Crippen LogP contribution in [-0.4, -0.2) is 22.1 Å². The average molecular weight is 370 g/mol. The molecule has 0 amide bonds. The first-order valence-corrected chi connectivity index (χ1v) is 7.33. The van der Waals surface area contributed by atoms with Crippen molar-refractivity contribution in [1.29, 1.82) is 0 Å². The van der Waals surface area contributed by atoms with Gasteiger partial charge in [0, 0.05) is 22.3 Å². The van der Waals surface area contributed by atoms with Gasteiger partial charge in [-0.05, 0) is 53.5 Å². The summed E-state index contributed by atoms with van der Waals surface area (Å²) >= 11 is 16.5. The lowest BCUT2D eigenvalue weighted by Gasteiger charge is -2.05. The summed E-state index contributed by atoms with van der Waals surface area (Å²) in [6, 6.07) is 9.10. The third-order valence-electron chi connectivity index (χ3n) is 3.02. The number of hydrogen-bond acceptors (Lipinski definition) is 4. The molecular formula is C16H7Cl3O4. The van der Waals surface area contributed by atoms with Crippen LogP contribution in [0.15, 0.2) is 42.5 Å². The second-order valence-electron chi connectivity index (χ2n) is 4.48. The van der Waals surface area contributed by atoms with Crippen LogP contribution in [0.25, 0.3) is 0 Å². The highest BCUT2D eigenvalue weighted by molar-refractivity contribution is 6.68. The fourth-order valence-electron chi connectivity index (χ4n) is 1.83. The first kappa shape index (κ1) is 17.3. The van der Waals surface area contributed by atoms with Crippen LogP contribution in [0.4, 0.5) is 0 Å². The number of hydrogen-bond donors (Lipinski definition) is 0. The first-order chi connectivity index (χ1) is 10.8. The van der Waals surface area contributed by atoms with E-state index in [9.17, 15) is 19.2 Å². The SMILES string of the molecule is O=C(Cl)c1ccc(C(=O)C(=O)c2ccc(C(=O)Cl)cc2Cl)cc1. The Hall–Kier alpha value is -2.01. The van der Waals surface area contributed by atoms with Gasteiger partial charge in [-0.1, -0.05) is 23.7 Å². The van der Waals surface area contributed by atoms with E-state index in [2.05, 4.69) is 0 Å². The van der Waals surface area contributed by atoms with E-state index in [0.29, 0.717) is 0 Å². The predicted octanol–water partition coefficient (Wildman–Crippen LogP) is 4.16. The maximum atomic E-state index is 12.2. The minimum absolute atomic E-state index is 0.0455. The molecule has 0 aromatic heterocycles. The molecule has 0 saturated carbocycles. The van der Waals surface area contributed by atoms with Gasteiger partial charge in [-0.25, -0.2) is 0 Å². The van der Waals surface area contributed by atoms with Gasteiger partial charge in [-0.2, -0.15) is 0 Å². The Morgan fingerprint density at radius 1 is 0.652 bits per heavy atom. The lowest BCUT2D eigenvalue weighted by Crippen LogP contribution is -2.15. The molecule has 0 bridgehead atoms. The Kier molecular flexibility index (Phi) is 5.31. The van der Waals surface area contributed by atoms with Crippen molar-refractivity contribution in [3.63, 3.8) is 0 Å². The average Bonchev–Trinajstić information content (AvgIpc) is 2.53. The van der Waals surface area contributed by atoms with Gasteiger partial charge in [0.15, 0.2) is 0 Å². The molecule has 0 aliphatic rings. The van der Waals surface area contributed by atoms with Crippen molar-refractivity contribution in [2.75, 3.05) is 0 Å². The predicted molar refractivity (Wildman–Crippen MR) is 86.9 cm³/mol. The maximum absolute atomic E-state index is 12.2. The van der Waals surface area contributed by atoms with Gasteiger partial charge in [0.25, 0.3) is 10.5 Å². The molecule has 0 aliphatic heterocycles. The van der Waals surface area contributed by atoms with Crippen molar-refractivity contribution >= 4 is 56.9 Å². The number of ketones is 2.